The lowest BCUT2D eigenvalue weighted by Gasteiger charge is -2.36. The monoisotopic (exact) mass is 523 g/mol. The number of fused-ring (bicyclic) bond motifs is 1. The van der Waals surface area contributed by atoms with E-state index in [0.717, 1.165) is 37.9 Å². The number of likely N-dealkylation sites (tertiary alicyclic amines) is 1. The predicted molar refractivity (Wildman–Crippen MR) is 142 cm³/mol. The number of hydrogen-bond donors (Lipinski definition) is 1. The van der Waals surface area contributed by atoms with Gasteiger partial charge in [0.05, 0.1) is 12.1 Å². The van der Waals surface area contributed by atoms with Gasteiger partial charge in [0, 0.05) is 54.9 Å². The van der Waals surface area contributed by atoms with Crippen molar-refractivity contribution in [2.45, 2.75) is 70.3 Å². The van der Waals surface area contributed by atoms with Gasteiger partial charge in [-0.2, -0.15) is 0 Å². The third-order valence-corrected chi connectivity index (χ3v) is 7.93. The average Bonchev–Trinajstić information content (AvgIpc) is 3.58. The first kappa shape index (κ1) is 26.5. The van der Waals surface area contributed by atoms with Gasteiger partial charge in [-0.3, -0.25) is 19.3 Å². The molecule has 11 heteroatoms. The van der Waals surface area contributed by atoms with E-state index in [2.05, 4.69) is 25.1 Å². The first-order chi connectivity index (χ1) is 18.1. The summed E-state index contributed by atoms with van der Waals surface area (Å²) in [6.45, 7) is 10.0. The van der Waals surface area contributed by atoms with Gasteiger partial charge < -0.3 is 19.9 Å². The number of amides is 2. The van der Waals surface area contributed by atoms with E-state index in [4.69, 9.17) is 10.3 Å². The molecule has 204 valence electrons. The number of nitrogens with zero attached hydrogens (tertiary/aromatic N) is 6. The maximum absolute atomic E-state index is 13.7. The van der Waals surface area contributed by atoms with Gasteiger partial charge in [0.15, 0.2) is 5.78 Å². The lowest BCUT2D eigenvalue weighted by molar-refractivity contribution is -0.138. The number of hydrogen-bond acceptors (Lipinski definition) is 7. The second-order valence-electron chi connectivity index (χ2n) is 12.0. The van der Waals surface area contributed by atoms with Crippen molar-refractivity contribution in [1.29, 1.82) is 0 Å². The molecule has 1 aromatic rings. The molecular formula is C27H37N7O4. The fraction of sp³-hybridized carbons (Fsp3) is 0.667. The molecule has 3 saturated heterocycles. The fourth-order valence-corrected chi connectivity index (χ4v) is 5.89. The molecule has 2 amide bonds. The van der Waals surface area contributed by atoms with E-state index in [-0.39, 0.29) is 36.2 Å². The number of anilines is 1. The van der Waals surface area contributed by atoms with Crippen LogP contribution < -0.4 is 10.2 Å². The number of azide groups is 1. The van der Waals surface area contributed by atoms with Crippen molar-refractivity contribution < 1.29 is 19.1 Å². The Hall–Kier alpha value is -3.14. The highest BCUT2D eigenvalue weighted by molar-refractivity contribution is 5.99. The summed E-state index contributed by atoms with van der Waals surface area (Å²) in [4.78, 5) is 48.7. The van der Waals surface area contributed by atoms with Crippen molar-refractivity contribution in [3.8, 4) is 0 Å². The SMILES string of the molecule is CC(C)(C)C[C@H](NC(=O)c1ccc(N2CCN(C3CC3)CC2)cc1)C(=O)N1C[C@@H](N=[N+]=[N-])[C@H]2OCC(=O)[C@H]21. The molecule has 3 heterocycles. The van der Waals surface area contributed by atoms with Crippen molar-refractivity contribution in [1.82, 2.24) is 15.1 Å². The van der Waals surface area contributed by atoms with Gasteiger partial charge in [0.25, 0.3) is 5.91 Å². The Bertz CT molecular complexity index is 1120. The minimum atomic E-state index is -0.837. The third-order valence-electron chi connectivity index (χ3n) is 7.93. The van der Waals surface area contributed by atoms with Crippen LogP contribution >= 0.6 is 0 Å². The van der Waals surface area contributed by atoms with Crippen LogP contribution in [0.3, 0.4) is 0 Å². The van der Waals surface area contributed by atoms with Crippen LogP contribution in [-0.4, -0.2) is 97.0 Å². The van der Waals surface area contributed by atoms with Crippen molar-refractivity contribution in [3.63, 3.8) is 0 Å². The number of nitrogens with one attached hydrogen (secondary N) is 1. The van der Waals surface area contributed by atoms with Crippen LogP contribution in [0.2, 0.25) is 0 Å². The van der Waals surface area contributed by atoms with Crippen molar-refractivity contribution >= 4 is 23.3 Å². The predicted octanol–water partition coefficient (Wildman–Crippen LogP) is 2.36. The summed E-state index contributed by atoms with van der Waals surface area (Å²) in [5.41, 5.74) is 10.2. The van der Waals surface area contributed by atoms with Gasteiger partial charge in [-0.1, -0.05) is 25.9 Å². The van der Waals surface area contributed by atoms with E-state index < -0.39 is 24.2 Å². The van der Waals surface area contributed by atoms with Crippen LogP contribution in [0.5, 0.6) is 0 Å². The Balaban J connectivity index is 1.27. The normalized spacial score (nSPS) is 26.6. The van der Waals surface area contributed by atoms with E-state index in [1.165, 1.54) is 17.7 Å². The molecular weight excluding hydrogens is 486 g/mol. The fourth-order valence-electron chi connectivity index (χ4n) is 5.89. The first-order valence-electron chi connectivity index (χ1n) is 13.5. The molecule has 4 aliphatic rings. The molecule has 1 aromatic carbocycles. The molecule has 4 fully saturated rings. The van der Waals surface area contributed by atoms with Gasteiger partial charge in [0.1, 0.15) is 18.7 Å². The second-order valence-corrected chi connectivity index (χ2v) is 12.0. The lowest BCUT2D eigenvalue weighted by Crippen LogP contribution is -2.53. The second kappa shape index (κ2) is 10.6. The summed E-state index contributed by atoms with van der Waals surface area (Å²) >= 11 is 0. The van der Waals surface area contributed by atoms with Crippen LogP contribution in [0.25, 0.3) is 10.4 Å². The molecule has 1 N–H and O–H groups in total. The van der Waals surface area contributed by atoms with Gasteiger partial charge in [-0.05, 0) is 54.5 Å². The number of benzene rings is 1. The number of piperazine rings is 1. The average molecular weight is 524 g/mol. The molecule has 0 aromatic heterocycles. The summed E-state index contributed by atoms with van der Waals surface area (Å²) in [5, 5.41) is 6.68. The zero-order chi connectivity index (χ0) is 27.0. The van der Waals surface area contributed by atoms with E-state index in [1.807, 2.05) is 32.9 Å². The number of rotatable bonds is 7. The quantitative estimate of drug-likeness (QED) is 0.332. The Labute approximate surface area is 223 Å². The molecule has 0 unspecified atom stereocenters. The Morgan fingerprint density at radius 2 is 1.84 bits per heavy atom. The number of Topliss-reactive ketones (excluding diaryl/α,β-unsaturated/α-hetero) is 1. The highest BCUT2D eigenvalue weighted by atomic mass is 16.5. The van der Waals surface area contributed by atoms with Gasteiger partial charge in [-0.25, -0.2) is 0 Å². The lowest BCUT2D eigenvalue weighted by atomic mass is 9.87. The molecule has 0 bridgehead atoms. The summed E-state index contributed by atoms with van der Waals surface area (Å²) in [6.07, 6.45) is 2.38. The van der Waals surface area contributed by atoms with Gasteiger partial charge in [0.2, 0.25) is 5.91 Å². The molecule has 3 aliphatic heterocycles. The zero-order valence-electron chi connectivity index (χ0n) is 22.4. The maximum Gasteiger partial charge on any atom is 0.251 e. The molecule has 38 heavy (non-hydrogen) atoms. The molecule has 5 rings (SSSR count). The minimum absolute atomic E-state index is 0.0865. The first-order valence-corrected chi connectivity index (χ1v) is 13.5. The third kappa shape index (κ3) is 5.65. The van der Waals surface area contributed by atoms with Crippen molar-refractivity contribution in [2.24, 2.45) is 10.5 Å². The van der Waals surface area contributed by atoms with E-state index in [9.17, 15) is 14.4 Å². The minimum Gasteiger partial charge on any atom is -0.369 e. The standard InChI is InChI=1S/C27H37N7O4/c1-27(2,3)14-20(26(37)34-15-21(30-31-28)24-23(34)22(35)16-38-24)29-25(36)17-4-6-18(7-5-17)32-10-12-33(13-11-32)19-8-9-19/h4-7,19-21,23-24H,8-16H2,1-3H3,(H,29,36)/t20-,21+,23+,24+/m0/s1. The summed E-state index contributed by atoms with van der Waals surface area (Å²) < 4.78 is 5.55. The maximum atomic E-state index is 13.7. The van der Waals surface area contributed by atoms with Crippen LogP contribution in [-0.2, 0) is 14.3 Å². The van der Waals surface area contributed by atoms with Crippen LogP contribution in [0.1, 0.15) is 50.4 Å². The Morgan fingerprint density at radius 1 is 1.16 bits per heavy atom. The number of carbonyl (C=O) groups excluding carboxylic acids is 3. The van der Waals surface area contributed by atoms with Crippen LogP contribution in [0, 0.1) is 5.41 Å². The number of carbonyl (C=O) groups is 3. The smallest absolute Gasteiger partial charge is 0.251 e. The molecule has 1 aliphatic carbocycles. The van der Waals surface area contributed by atoms with Crippen molar-refractivity contribution in [2.75, 3.05) is 44.2 Å². The number of ketones is 1. The Morgan fingerprint density at radius 3 is 2.45 bits per heavy atom. The van der Waals surface area contributed by atoms with Crippen LogP contribution in [0.15, 0.2) is 29.4 Å². The summed E-state index contributed by atoms with van der Waals surface area (Å²) in [5.74, 6) is -0.912. The molecule has 0 radical (unpaired) electrons. The summed E-state index contributed by atoms with van der Waals surface area (Å²) in [7, 11) is 0. The molecule has 0 spiro atoms. The van der Waals surface area contributed by atoms with Crippen molar-refractivity contribution in [3.05, 3.63) is 40.3 Å². The summed E-state index contributed by atoms with van der Waals surface area (Å²) in [6, 6.07) is 6.04. The van der Waals surface area contributed by atoms with E-state index >= 15 is 0 Å². The molecule has 11 nitrogen and oxygen atoms in total. The van der Waals surface area contributed by atoms with Crippen LogP contribution in [0.4, 0.5) is 5.69 Å². The molecule has 4 atom stereocenters. The highest BCUT2D eigenvalue weighted by Gasteiger charge is 2.53. The largest absolute Gasteiger partial charge is 0.369 e. The van der Waals surface area contributed by atoms with E-state index in [0.29, 0.717) is 12.0 Å². The highest BCUT2D eigenvalue weighted by Crippen LogP contribution is 2.32. The topological polar surface area (TPSA) is 131 Å². The zero-order valence-corrected chi connectivity index (χ0v) is 22.4. The molecule has 1 saturated carbocycles. The van der Waals surface area contributed by atoms with Gasteiger partial charge >= 0.3 is 0 Å². The Kier molecular flexibility index (Phi) is 7.35. The number of ether oxygens (including phenoxy) is 1. The van der Waals surface area contributed by atoms with Gasteiger partial charge in [-0.15, -0.1) is 0 Å². The van der Waals surface area contributed by atoms with E-state index in [1.54, 1.807) is 12.1 Å².